The standard InChI is InChI=1S/C6H8BrNS.ClH/c1-4(8)6-5(7)2-3-9-6;/h2-4H,8H2,1H3;1H/t4-;/m1./s1. The van der Waals surface area contributed by atoms with Crippen LogP contribution in [0.4, 0.5) is 0 Å². The van der Waals surface area contributed by atoms with Gasteiger partial charge >= 0.3 is 0 Å². The molecule has 1 nitrogen and oxygen atoms in total. The van der Waals surface area contributed by atoms with E-state index >= 15 is 0 Å². The molecule has 0 bridgehead atoms. The van der Waals surface area contributed by atoms with Crippen molar-refractivity contribution in [1.82, 2.24) is 0 Å². The summed E-state index contributed by atoms with van der Waals surface area (Å²) in [5.41, 5.74) is 5.64. The van der Waals surface area contributed by atoms with Crippen LogP contribution in [-0.4, -0.2) is 0 Å². The molecule has 0 fully saturated rings. The molecule has 0 radical (unpaired) electrons. The minimum absolute atomic E-state index is 0. The third-order valence-electron chi connectivity index (χ3n) is 1.06. The van der Waals surface area contributed by atoms with Gasteiger partial charge in [-0.3, -0.25) is 0 Å². The van der Waals surface area contributed by atoms with Crippen molar-refractivity contribution in [2.45, 2.75) is 13.0 Å². The van der Waals surface area contributed by atoms with Crippen molar-refractivity contribution in [2.24, 2.45) is 5.73 Å². The summed E-state index contributed by atoms with van der Waals surface area (Å²) >= 11 is 5.08. The second-order valence-corrected chi connectivity index (χ2v) is 3.72. The summed E-state index contributed by atoms with van der Waals surface area (Å²) in [6, 6.07) is 2.17. The second kappa shape index (κ2) is 4.34. The largest absolute Gasteiger partial charge is 0.323 e. The number of hydrogen-bond donors (Lipinski definition) is 1. The van der Waals surface area contributed by atoms with Crippen LogP contribution in [-0.2, 0) is 0 Å². The lowest BCUT2D eigenvalue weighted by atomic mass is 10.3. The van der Waals surface area contributed by atoms with E-state index in [2.05, 4.69) is 15.9 Å². The van der Waals surface area contributed by atoms with E-state index in [4.69, 9.17) is 5.73 Å². The van der Waals surface area contributed by atoms with Crippen molar-refractivity contribution in [3.05, 3.63) is 20.8 Å². The number of thiophene rings is 1. The van der Waals surface area contributed by atoms with E-state index in [1.807, 2.05) is 18.4 Å². The van der Waals surface area contributed by atoms with E-state index in [1.165, 1.54) is 4.88 Å². The molecule has 0 amide bonds. The van der Waals surface area contributed by atoms with Gasteiger partial charge in [-0.25, -0.2) is 0 Å². The first-order valence-corrected chi connectivity index (χ1v) is 4.37. The maximum absolute atomic E-state index is 5.64. The van der Waals surface area contributed by atoms with Crippen molar-refractivity contribution >= 4 is 39.7 Å². The number of rotatable bonds is 1. The third-order valence-corrected chi connectivity index (χ3v) is 3.13. The molecule has 0 unspecified atom stereocenters. The summed E-state index contributed by atoms with van der Waals surface area (Å²) < 4.78 is 1.13. The molecular formula is C6H9BrClNS. The molecular weight excluding hydrogens is 233 g/mol. The molecule has 10 heavy (non-hydrogen) atoms. The second-order valence-electron chi connectivity index (χ2n) is 1.92. The normalized spacial score (nSPS) is 12.3. The van der Waals surface area contributed by atoms with Gasteiger partial charge in [-0.15, -0.1) is 23.7 Å². The predicted molar refractivity (Wildman–Crippen MR) is 51.9 cm³/mol. The Bertz CT molecular complexity index is 199. The maximum Gasteiger partial charge on any atom is 0.0372 e. The van der Waals surface area contributed by atoms with Gasteiger partial charge in [0.15, 0.2) is 0 Å². The Kier molecular flexibility index (Phi) is 4.52. The number of halogens is 2. The zero-order valence-corrected chi connectivity index (χ0v) is 8.72. The minimum atomic E-state index is 0. The Morgan fingerprint density at radius 1 is 1.70 bits per heavy atom. The van der Waals surface area contributed by atoms with Crippen molar-refractivity contribution in [1.29, 1.82) is 0 Å². The predicted octanol–water partition coefficient (Wildman–Crippen LogP) is 2.95. The van der Waals surface area contributed by atoms with Crippen molar-refractivity contribution in [2.75, 3.05) is 0 Å². The highest BCUT2D eigenvalue weighted by atomic mass is 79.9. The fourth-order valence-corrected chi connectivity index (χ4v) is 2.32. The SMILES string of the molecule is C[C@@H](N)c1sccc1Br.Cl. The Morgan fingerprint density at radius 3 is 2.50 bits per heavy atom. The summed E-state index contributed by atoms with van der Waals surface area (Å²) in [6.07, 6.45) is 0. The first-order valence-electron chi connectivity index (χ1n) is 2.70. The van der Waals surface area contributed by atoms with Crippen LogP contribution >= 0.6 is 39.7 Å². The lowest BCUT2D eigenvalue weighted by Gasteiger charge is -1.99. The third kappa shape index (κ3) is 2.23. The molecule has 0 aliphatic rings. The van der Waals surface area contributed by atoms with Crippen LogP contribution in [0.2, 0.25) is 0 Å². The first kappa shape index (κ1) is 10.4. The van der Waals surface area contributed by atoms with Crippen LogP contribution in [0.15, 0.2) is 15.9 Å². The summed E-state index contributed by atoms with van der Waals surface area (Å²) in [4.78, 5) is 1.22. The molecule has 0 aliphatic heterocycles. The zero-order valence-electron chi connectivity index (χ0n) is 5.50. The monoisotopic (exact) mass is 241 g/mol. The Morgan fingerprint density at radius 2 is 2.30 bits per heavy atom. The van der Waals surface area contributed by atoms with Gasteiger partial charge in [-0.05, 0) is 34.3 Å². The highest BCUT2D eigenvalue weighted by molar-refractivity contribution is 9.10. The maximum atomic E-state index is 5.64. The summed E-state index contributed by atoms with van der Waals surface area (Å²) in [6.45, 7) is 1.98. The van der Waals surface area contributed by atoms with Crippen LogP contribution in [0.5, 0.6) is 0 Å². The molecule has 4 heteroatoms. The van der Waals surface area contributed by atoms with E-state index in [0.717, 1.165) is 4.47 Å². The minimum Gasteiger partial charge on any atom is -0.323 e. The van der Waals surface area contributed by atoms with E-state index in [1.54, 1.807) is 11.3 Å². The Hall–Kier alpha value is 0.430. The molecule has 0 saturated heterocycles. The van der Waals surface area contributed by atoms with Crippen molar-refractivity contribution in [3.8, 4) is 0 Å². The van der Waals surface area contributed by atoms with Crippen LogP contribution < -0.4 is 5.73 Å². The molecule has 0 aromatic carbocycles. The van der Waals surface area contributed by atoms with Crippen LogP contribution in [0.3, 0.4) is 0 Å². The topological polar surface area (TPSA) is 26.0 Å². The number of hydrogen-bond acceptors (Lipinski definition) is 2. The summed E-state index contributed by atoms with van der Waals surface area (Å²) in [5, 5.41) is 2.03. The van der Waals surface area contributed by atoms with Crippen molar-refractivity contribution < 1.29 is 0 Å². The lowest BCUT2D eigenvalue weighted by molar-refractivity contribution is 0.834. The molecule has 0 aliphatic carbocycles. The van der Waals surface area contributed by atoms with Gasteiger partial charge < -0.3 is 5.73 Å². The first-order chi connectivity index (χ1) is 4.22. The molecule has 1 atom stereocenters. The average Bonchev–Trinajstić information content (AvgIpc) is 2.13. The molecule has 1 aromatic heterocycles. The molecule has 1 heterocycles. The quantitative estimate of drug-likeness (QED) is 0.805. The fraction of sp³-hybridized carbons (Fsp3) is 0.333. The van der Waals surface area contributed by atoms with Gasteiger partial charge in [-0.1, -0.05) is 0 Å². The van der Waals surface area contributed by atoms with Crippen molar-refractivity contribution in [3.63, 3.8) is 0 Å². The summed E-state index contributed by atoms with van der Waals surface area (Å²) in [7, 11) is 0. The van der Waals surface area contributed by atoms with E-state index < -0.39 is 0 Å². The lowest BCUT2D eigenvalue weighted by Crippen LogP contribution is -2.02. The molecule has 0 saturated carbocycles. The fourth-order valence-electron chi connectivity index (χ4n) is 0.630. The molecule has 58 valence electrons. The Labute approximate surface area is 79.2 Å². The van der Waals surface area contributed by atoms with Gasteiger partial charge in [0.1, 0.15) is 0 Å². The molecule has 1 rings (SSSR count). The van der Waals surface area contributed by atoms with E-state index in [0.29, 0.717) is 0 Å². The zero-order chi connectivity index (χ0) is 6.85. The average molecular weight is 243 g/mol. The highest BCUT2D eigenvalue weighted by Crippen LogP contribution is 2.26. The van der Waals surface area contributed by atoms with Gasteiger partial charge in [0, 0.05) is 15.4 Å². The van der Waals surface area contributed by atoms with Crippen LogP contribution in [0, 0.1) is 0 Å². The van der Waals surface area contributed by atoms with E-state index in [9.17, 15) is 0 Å². The van der Waals surface area contributed by atoms with Gasteiger partial charge in [0.05, 0.1) is 0 Å². The highest BCUT2D eigenvalue weighted by Gasteiger charge is 2.03. The van der Waals surface area contributed by atoms with Crippen LogP contribution in [0.1, 0.15) is 17.8 Å². The van der Waals surface area contributed by atoms with Gasteiger partial charge in [0.2, 0.25) is 0 Å². The number of nitrogens with two attached hydrogens (primary N) is 1. The molecule has 2 N–H and O–H groups in total. The smallest absolute Gasteiger partial charge is 0.0372 e. The van der Waals surface area contributed by atoms with Gasteiger partial charge in [-0.2, -0.15) is 0 Å². The molecule has 0 spiro atoms. The molecule has 1 aromatic rings. The van der Waals surface area contributed by atoms with Gasteiger partial charge in [0.25, 0.3) is 0 Å². The summed E-state index contributed by atoms with van der Waals surface area (Å²) in [5.74, 6) is 0. The van der Waals surface area contributed by atoms with Crippen LogP contribution in [0.25, 0.3) is 0 Å². The Balaban J connectivity index is 0.000000810. The van der Waals surface area contributed by atoms with E-state index in [-0.39, 0.29) is 18.4 Å².